The van der Waals surface area contributed by atoms with Crippen molar-refractivity contribution in [2.75, 3.05) is 26.0 Å². The second kappa shape index (κ2) is 34.9. The number of nitrogens with zero attached hydrogens (tertiary/aromatic N) is 2. The average Bonchev–Trinajstić information content (AvgIpc) is 0.790. The molecule has 0 amide bonds. The minimum Gasteiger partial charge on any atom is -0.379 e. The van der Waals surface area contributed by atoms with Gasteiger partial charge in [-0.15, -0.1) is 0 Å². The zero-order chi connectivity index (χ0) is 90.7. The second-order valence-corrected chi connectivity index (χ2v) is 33.5. The van der Waals surface area contributed by atoms with Crippen LogP contribution in [0.2, 0.25) is 0 Å². The van der Waals surface area contributed by atoms with Crippen molar-refractivity contribution in [3.05, 3.63) is 275 Å². The van der Waals surface area contributed by atoms with Crippen molar-refractivity contribution in [2.45, 2.75) is 69.0 Å². The fourth-order valence-electron chi connectivity index (χ4n) is 9.61. The lowest BCUT2D eigenvalue weighted by Crippen LogP contribution is -2.24. The smallest absolute Gasteiger partial charge is 0.379 e. The zero-order valence-electron chi connectivity index (χ0n) is 58.5. The molecule has 0 aliphatic carbocycles. The predicted octanol–water partition coefficient (Wildman–Crippen LogP) is 19.6. The van der Waals surface area contributed by atoms with Crippen molar-refractivity contribution in [2.24, 2.45) is 0 Å². The van der Waals surface area contributed by atoms with Crippen LogP contribution in [0.4, 0.5) is 139 Å². The average molecular weight is 1870 g/mol. The van der Waals surface area contributed by atoms with E-state index in [9.17, 15) is 156 Å². The first-order chi connectivity index (χ1) is 55.1. The van der Waals surface area contributed by atoms with E-state index in [4.69, 9.17) is 25.8 Å². The molecule has 10 aromatic carbocycles. The van der Waals surface area contributed by atoms with Gasteiger partial charge in [0.25, 0.3) is 20.2 Å². The highest BCUT2D eigenvalue weighted by Crippen LogP contribution is 2.44. The third kappa shape index (κ3) is 26.8. The van der Waals surface area contributed by atoms with E-state index in [1.54, 1.807) is 60.7 Å². The van der Waals surface area contributed by atoms with Crippen molar-refractivity contribution in [1.29, 1.82) is 0 Å². The molecule has 0 unspecified atom stereocenters. The molecule has 652 valence electrons. The van der Waals surface area contributed by atoms with E-state index in [2.05, 4.69) is 10.9 Å². The Hall–Kier alpha value is -11.5. The molecule has 0 aromatic heterocycles. The fraction of sp³-hybridized carbons (Fsp3) is 0.130. The van der Waals surface area contributed by atoms with Crippen LogP contribution in [0.15, 0.2) is 250 Å². The first-order valence-electron chi connectivity index (χ1n) is 31.7. The van der Waals surface area contributed by atoms with Gasteiger partial charge in [0.15, 0.2) is 0 Å². The van der Waals surface area contributed by atoms with Crippen LogP contribution in [-0.2, 0) is 110 Å². The monoisotopic (exact) mass is 1860 g/mol. The molecule has 22 nitrogen and oxygen atoms in total. The van der Waals surface area contributed by atoms with Gasteiger partial charge >= 0.3 is 89.9 Å². The van der Waals surface area contributed by atoms with Gasteiger partial charge in [-0.1, -0.05) is 36.4 Å². The van der Waals surface area contributed by atoms with E-state index in [1.807, 2.05) is 0 Å². The van der Waals surface area contributed by atoms with E-state index in [1.165, 1.54) is 58.5 Å². The Balaban J connectivity index is 0.000000273. The van der Waals surface area contributed by atoms with Crippen molar-refractivity contribution in [1.82, 2.24) is 0 Å². The summed E-state index contributed by atoms with van der Waals surface area (Å²) in [7, 11) is -30.3. The number of hydrogen-bond acceptors (Lipinski definition) is 20. The van der Waals surface area contributed by atoms with Gasteiger partial charge in [-0.25, -0.2) is 0 Å². The van der Waals surface area contributed by atoms with Crippen molar-refractivity contribution < 1.29 is 182 Å². The first-order valence-corrected chi connectivity index (χ1v) is 40.5. The Labute approximate surface area is 666 Å². The lowest BCUT2D eigenvalue weighted by atomic mass is 10.1. The number of nitrogens with one attached hydrogen (secondary N) is 2. The molecule has 0 aliphatic rings. The molecule has 4 N–H and O–H groups in total. The topological polar surface area (TPSA) is 313 Å². The Kier molecular flexibility index (Phi) is 27.4. The van der Waals surface area contributed by atoms with Gasteiger partial charge in [0.05, 0.1) is 78.6 Å². The molecule has 52 heteroatoms. The molecule has 0 heterocycles. The van der Waals surface area contributed by atoms with E-state index in [0.717, 1.165) is 48.5 Å². The van der Waals surface area contributed by atoms with Crippen LogP contribution in [0.3, 0.4) is 0 Å². The number of hydrogen-bond donors (Lipinski definition) is 4. The fourth-order valence-corrected chi connectivity index (χ4v) is 15.1. The summed E-state index contributed by atoms with van der Waals surface area (Å²) in [6.07, 6.45) is -42.7. The summed E-state index contributed by atoms with van der Waals surface area (Å²) < 4.78 is 496. The number of hydrazine groups is 2. The largest absolute Gasteiger partial charge is 0.416 e. The normalized spacial score (nSPS) is 13.0. The third-order valence-corrected chi connectivity index (χ3v) is 22.2. The molecule has 0 saturated carbocycles. The van der Waals surface area contributed by atoms with E-state index < -0.39 is 202 Å². The molecule has 0 atom stereocenters. The maximum Gasteiger partial charge on any atom is 0.416 e. The van der Waals surface area contributed by atoms with Crippen LogP contribution >= 0.6 is 0 Å². The Bertz CT molecular complexity index is 5310. The van der Waals surface area contributed by atoms with E-state index >= 15 is 0 Å². The van der Waals surface area contributed by atoms with Gasteiger partial charge in [0, 0.05) is 0 Å². The van der Waals surface area contributed by atoms with E-state index in [-0.39, 0.29) is 95.5 Å². The summed E-state index contributed by atoms with van der Waals surface area (Å²) in [4.78, 5) is -5.74. The number of para-hydroxylation sites is 2. The summed E-state index contributed by atoms with van der Waals surface area (Å²) >= 11 is 0. The summed E-state index contributed by atoms with van der Waals surface area (Å²) in [5.41, 5.74) is -7.76. The number of anilines is 6. The summed E-state index contributed by atoms with van der Waals surface area (Å²) in [5.74, 6) is -2.18. The Morgan fingerprint density at radius 2 is 0.397 bits per heavy atom. The molecule has 0 radical (unpaired) electrons. The van der Waals surface area contributed by atoms with Gasteiger partial charge in [0.2, 0.25) is 5.08 Å². The molecule has 0 fully saturated rings. The molecule has 0 spiro atoms. The van der Waals surface area contributed by atoms with E-state index in [0.29, 0.717) is 11.4 Å². The highest BCUT2D eigenvalue weighted by atomic mass is 32.3. The SMILES string of the molecule is O=S(=O)(O)CS(=O)(=O)O.O=S(=O)(Oc1ccc(N(Nc2ccccc2)c2ccc(OS(=O)(=O)c3cc(C(F)(F)F)cc(C(F)(F)F)c3)cc2)cc1)c1cc(C(F)(F)F)cc(C(F)(F)F)c1.O=S(=O)(Oc1ccc(N(Nc2ccccc2)c2ccc(OS(=O)(=O)c3cc(C(F)(F)F)cc(C(F)(F)F)c3)cc2)cc1)c1cc(C(F)(F)F)cc(C(F)(F)F)c1. The van der Waals surface area contributed by atoms with Gasteiger partial charge in [-0.05, 0) is 194 Å². The lowest BCUT2D eigenvalue weighted by Gasteiger charge is -2.27. The van der Waals surface area contributed by atoms with Crippen molar-refractivity contribution in [3.8, 4) is 23.0 Å². The maximum absolute atomic E-state index is 13.3. The summed E-state index contributed by atoms with van der Waals surface area (Å²) in [6.45, 7) is 0. The van der Waals surface area contributed by atoms with Gasteiger partial charge in [-0.2, -0.15) is 156 Å². The molecule has 0 bridgehead atoms. The zero-order valence-corrected chi connectivity index (χ0v) is 63.4. The molecular formula is C69H44F24N4O18S6. The maximum atomic E-state index is 13.3. The minimum absolute atomic E-state index is 0.0253. The molecular weight excluding hydrogens is 1820 g/mol. The number of halogens is 24. The van der Waals surface area contributed by atoms with Gasteiger partial charge in [-0.3, -0.25) is 30.0 Å². The van der Waals surface area contributed by atoms with Crippen LogP contribution in [0.25, 0.3) is 0 Å². The van der Waals surface area contributed by atoms with Crippen LogP contribution in [0, 0.1) is 0 Å². The summed E-state index contributed by atoms with van der Waals surface area (Å²) in [6, 6.07) is 32.6. The standard InChI is InChI=1S/2C34H20F12N2O6S2.CH4O6S2/c2*35-31(36,37)20-14-21(32(38,39)40)17-29(16-20)55(49,50)53-27-10-6-25(7-11-27)48(47-24-4-2-1-3-5-24)26-8-12-28(13-9-26)54-56(51,52)30-18-22(33(41,42)43)15-23(19-30)34(44,45)46;2-8(3,4)1-9(5,6)7/h2*1-19,47H;1H2,(H,2,3,4)(H,5,6,7). The number of benzene rings is 10. The van der Waals surface area contributed by atoms with Crippen LogP contribution in [0.5, 0.6) is 23.0 Å². The first kappa shape index (κ1) is 95.0. The molecule has 121 heavy (non-hydrogen) atoms. The van der Waals surface area contributed by atoms with Crippen molar-refractivity contribution >= 4 is 94.8 Å². The highest BCUT2D eigenvalue weighted by molar-refractivity contribution is 8.02. The second-order valence-electron chi connectivity index (χ2n) is 24.0. The van der Waals surface area contributed by atoms with Crippen LogP contribution in [0.1, 0.15) is 44.5 Å². The third-order valence-electron chi connectivity index (χ3n) is 14.9. The molecule has 0 aliphatic heterocycles. The minimum atomic E-state index is -5.34. The Morgan fingerprint density at radius 1 is 0.240 bits per heavy atom. The van der Waals surface area contributed by atoms with Crippen LogP contribution < -0.4 is 37.6 Å². The predicted molar refractivity (Wildman–Crippen MR) is 375 cm³/mol. The molecule has 10 aromatic rings. The van der Waals surface area contributed by atoms with Gasteiger partial charge < -0.3 is 16.7 Å². The lowest BCUT2D eigenvalue weighted by molar-refractivity contribution is -0.145. The van der Waals surface area contributed by atoms with Crippen molar-refractivity contribution in [3.63, 3.8) is 0 Å². The number of alkyl halides is 24. The molecule has 0 saturated heterocycles. The van der Waals surface area contributed by atoms with Crippen LogP contribution in [-0.4, -0.2) is 64.7 Å². The molecule has 10 rings (SSSR count). The Morgan fingerprint density at radius 3 is 0.529 bits per heavy atom. The summed E-state index contributed by atoms with van der Waals surface area (Å²) in [5, 5.41) is 0.952. The number of rotatable bonds is 22. The van der Waals surface area contributed by atoms with Gasteiger partial charge in [0.1, 0.15) is 42.6 Å². The quantitative estimate of drug-likeness (QED) is 0.0212. The highest BCUT2D eigenvalue weighted by Gasteiger charge is 2.44.